The highest BCUT2D eigenvalue weighted by Gasteiger charge is 2.09. The molecule has 1 aromatic heterocycles. The molecule has 0 unspecified atom stereocenters. The second-order valence-corrected chi connectivity index (χ2v) is 4.34. The Balaban J connectivity index is 1.94. The van der Waals surface area contributed by atoms with Crippen LogP contribution in [0.1, 0.15) is 0 Å². The summed E-state index contributed by atoms with van der Waals surface area (Å²) in [5.41, 5.74) is 3.35. The summed E-state index contributed by atoms with van der Waals surface area (Å²) in [4.78, 5) is 16.2. The maximum absolute atomic E-state index is 10.6. The standard InChI is InChI=1S/C14H11N3O3/c1-16(10-2-4-11(5-3-10)17(18)19)12-6-7-13-14(8-12)20-9-15-13/h2-9H,1H3. The van der Waals surface area contributed by atoms with E-state index in [1.54, 1.807) is 12.1 Å². The monoisotopic (exact) mass is 269 g/mol. The van der Waals surface area contributed by atoms with Gasteiger partial charge in [0.05, 0.1) is 4.92 Å². The third kappa shape index (κ3) is 2.07. The van der Waals surface area contributed by atoms with Crippen LogP contribution in [0.5, 0.6) is 0 Å². The van der Waals surface area contributed by atoms with E-state index in [1.807, 2.05) is 30.1 Å². The van der Waals surface area contributed by atoms with Crippen LogP contribution in [0.4, 0.5) is 17.1 Å². The lowest BCUT2D eigenvalue weighted by molar-refractivity contribution is -0.384. The van der Waals surface area contributed by atoms with Crippen LogP contribution >= 0.6 is 0 Å². The molecule has 6 nitrogen and oxygen atoms in total. The lowest BCUT2D eigenvalue weighted by atomic mass is 10.2. The van der Waals surface area contributed by atoms with E-state index in [0.717, 1.165) is 16.9 Å². The van der Waals surface area contributed by atoms with Gasteiger partial charge < -0.3 is 9.32 Å². The number of nitro benzene ring substituents is 1. The van der Waals surface area contributed by atoms with E-state index in [1.165, 1.54) is 18.5 Å². The molecule has 3 aromatic rings. The Hall–Kier alpha value is -2.89. The maximum atomic E-state index is 10.6. The molecule has 0 aliphatic rings. The van der Waals surface area contributed by atoms with Crippen molar-refractivity contribution in [3.63, 3.8) is 0 Å². The van der Waals surface area contributed by atoms with Crippen molar-refractivity contribution in [2.45, 2.75) is 0 Å². The van der Waals surface area contributed by atoms with Gasteiger partial charge in [-0.15, -0.1) is 0 Å². The number of aromatic nitrogens is 1. The van der Waals surface area contributed by atoms with Gasteiger partial charge in [0.15, 0.2) is 12.0 Å². The molecule has 0 fully saturated rings. The summed E-state index contributed by atoms with van der Waals surface area (Å²) < 4.78 is 5.27. The second kappa shape index (κ2) is 4.65. The molecular weight excluding hydrogens is 258 g/mol. The minimum absolute atomic E-state index is 0.0767. The minimum Gasteiger partial charge on any atom is -0.443 e. The summed E-state index contributed by atoms with van der Waals surface area (Å²) in [5, 5.41) is 10.6. The fourth-order valence-corrected chi connectivity index (χ4v) is 2.00. The Morgan fingerprint density at radius 2 is 1.85 bits per heavy atom. The number of non-ortho nitro benzene ring substituents is 1. The number of oxazole rings is 1. The largest absolute Gasteiger partial charge is 0.443 e. The van der Waals surface area contributed by atoms with Gasteiger partial charge in [-0.3, -0.25) is 10.1 Å². The Morgan fingerprint density at radius 1 is 1.15 bits per heavy atom. The Bertz CT molecular complexity index is 765. The fourth-order valence-electron chi connectivity index (χ4n) is 2.00. The predicted octanol–water partition coefficient (Wildman–Crippen LogP) is 3.50. The van der Waals surface area contributed by atoms with E-state index >= 15 is 0 Å². The van der Waals surface area contributed by atoms with Gasteiger partial charge in [0.2, 0.25) is 0 Å². The van der Waals surface area contributed by atoms with Crippen LogP contribution in [0, 0.1) is 10.1 Å². The van der Waals surface area contributed by atoms with E-state index in [0.29, 0.717) is 5.58 Å². The number of hydrogen-bond donors (Lipinski definition) is 0. The van der Waals surface area contributed by atoms with Crippen molar-refractivity contribution in [1.29, 1.82) is 0 Å². The van der Waals surface area contributed by atoms with Gasteiger partial charge in [-0.1, -0.05) is 0 Å². The summed E-state index contributed by atoms with van der Waals surface area (Å²) in [6, 6.07) is 12.1. The average molecular weight is 269 g/mol. The molecule has 0 saturated carbocycles. The average Bonchev–Trinajstić information content (AvgIpc) is 2.94. The summed E-state index contributed by atoms with van der Waals surface area (Å²) in [5.74, 6) is 0. The van der Waals surface area contributed by atoms with Crippen LogP contribution in [-0.2, 0) is 0 Å². The molecule has 0 atom stereocenters. The lowest BCUT2D eigenvalue weighted by Gasteiger charge is -2.19. The summed E-state index contributed by atoms with van der Waals surface area (Å²) in [7, 11) is 1.89. The third-order valence-electron chi connectivity index (χ3n) is 3.15. The number of fused-ring (bicyclic) bond motifs is 1. The molecule has 0 N–H and O–H groups in total. The third-order valence-corrected chi connectivity index (χ3v) is 3.15. The van der Waals surface area contributed by atoms with Gasteiger partial charge in [0.25, 0.3) is 5.69 Å². The van der Waals surface area contributed by atoms with E-state index < -0.39 is 4.92 Å². The molecule has 2 aromatic carbocycles. The zero-order chi connectivity index (χ0) is 14.1. The first-order valence-corrected chi connectivity index (χ1v) is 5.96. The van der Waals surface area contributed by atoms with Crippen LogP contribution < -0.4 is 4.90 Å². The quantitative estimate of drug-likeness (QED) is 0.537. The van der Waals surface area contributed by atoms with Crippen molar-refractivity contribution in [2.75, 3.05) is 11.9 Å². The highest BCUT2D eigenvalue weighted by atomic mass is 16.6. The molecule has 0 amide bonds. The first-order chi connectivity index (χ1) is 9.65. The first-order valence-electron chi connectivity index (χ1n) is 5.96. The van der Waals surface area contributed by atoms with Crippen LogP contribution in [0.15, 0.2) is 53.3 Å². The highest BCUT2D eigenvalue weighted by molar-refractivity contribution is 5.79. The Labute approximate surface area is 114 Å². The first kappa shape index (κ1) is 12.2. The molecule has 0 radical (unpaired) electrons. The van der Waals surface area contributed by atoms with Crippen LogP contribution in [0.3, 0.4) is 0 Å². The SMILES string of the molecule is CN(c1ccc([N+](=O)[O-])cc1)c1ccc2ncoc2c1. The number of nitrogens with zero attached hydrogens (tertiary/aromatic N) is 3. The van der Waals surface area contributed by atoms with E-state index in [4.69, 9.17) is 4.42 Å². The number of anilines is 2. The van der Waals surface area contributed by atoms with Crippen molar-refractivity contribution in [1.82, 2.24) is 4.98 Å². The van der Waals surface area contributed by atoms with Gasteiger partial charge in [-0.05, 0) is 24.3 Å². The molecule has 3 rings (SSSR count). The zero-order valence-electron chi connectivity index (χ0n) is 10.7. The summed E-state index contributed by atoms with van der Waals surface area (Å²) in [6.07, 6.45) is 1.40. The molecular formula is C14H11N3O3. The lowest BCUT2D eigenvalue weighted by Crippen LogP contribution is -2.09. The molecule has 1 heterocycles. The minimum atomic E-state index is -0.412. The van der Waals surface area contributed by atoms with Crippen LogP contribution in [0.25, 0.3) is 11.1 Å². The normalized spacial score (nSPS) is 10.7. The Kier molecular flexibility index (Phi) is 2.83. The summed E-state index contributed by atoms with van der Waals surface area (Å²) in [6.45, 7) is 0. The smallest absolute Gasteiger partial charge is 0.269 e. The van der Waals surface area contributed by atoms with Crippen molar-refractivity contribution in [3.8, 4) is 0 Å². The van der Waals surface area contributed by atoms with Gasteiger partial charge in [0.1, 0.15) is 5.52 Å². The van der Waals surface area contributed by atoms with Crippen LogP contribution in [0.2, 0.25) is 0 Å². The van der Waals surface area contributed by atoms with Gasteiger partial charge in [-0.25, -0.2) is 4.98 Å². The van der Waals surface area contributed by atoms with Crippen molar-refractivity contribution in [3.05, 3.63) is 59.0 Å². The fraction of sp³-hybridized carbons (Fsp3) is 0.0714. The summed E-state index contributed by atoms with van der Waals surface area (Å²) >= 11 is 0. The molecule has 0 spiro atoms. The second-order valence-electron chi connectivity index (χ2n) is 4.34. The van der Waals surface area contributed by atoms with Crippen molar-refractivity contribution < 1.29 is 9.34 Å². The maximum Gasteiger partial charge on any atom is 0.269 e. The zero-order valence-corrected chi connectivity index (χ0v) is 10.7. The van der Waals surface area contributed by atoms with Crippen molar-refractivity contribution in [2.24, 2.45) is 0 Å². The Morgan fingerprint density at radius 3 is 2.55 bits per heavy atom. The van der Waals surface area contributed by atoms with Crippen LogP contribution in [-0.4, -0.2) is 17.0 Å². The molecule has 100 valence electrons. The van der Waals surface area contributed by atoms with Gasteiger partial charge in [0, 0.05) is 36.6 Å². The molecule has 0 saturated heterocycles. The topological polar surface area (TPSA) is 72.4 Å². The number of hydrogen-bond acceptors (Lipinski definition) is 5. The highest BCUT2D eigenvalue weighted by Crippen LogP contribution is 2.27. The molecule has 0 bridgehead atoms. The van der Waals surface area contributed by atoms with Gasteiger partial charge >= 0.3 is 0 Å². The molecule has 0 aliphatic carbocycles. The molecule has 0 aliphatic heterocycles. The van der Waals surface area contributed by atoms with E-state index in [9.17, 15) is 10.1 Å². The van der Waals surface area contributed by atoms with Crippen molar-refractivity contribution >= 4 is 28.2 Å². The number of benzene rings is 2. The molecule has 20 heavy (non-hydrogen) atoms. The molecule has 6 heteroatoms. The van der Waals surface area contributed by atoms with Gasteiger partial charge in [-0.2, -0.15) is 0 Å². The predicted molar refractivity (Wildman–Crippen MR) is 75.2 cm³/mol. The van der Waals surface area contributed by atoms with E-state index in [-0.39, 0.29) is 5.69 Å². The number of nitro groups is 1. The van der Waals surface area contributed by atoms with E-state index in [2.05, 4.69) is 4.98 Å². The number of rotatable bonds is 3.